The summed E-state index contributed by atoms with van der Waals surface area (Å²) >= 11 is 0. The molecular formula is C21H19N3O4. The molecule has 0 bridgehead atoms. The molecule has 1 aromatic heterocycles. The number of hydrogen-bond acceptors (Lipinski definition) is 6. The van der Waals surface area contributed by atoms with Gasteiger partial charge in [-0.1, -0.05) is 18.2 Å². The number of carbonyl (C=O) groups is 2. The predicted octanol–water partition coefficient (Wildman–Crippen LogP) is 3.87. The molecule has 1 heterocycles. The van der Waals surface area contributed by atoms with Gasteiger partial charge in [0.25, 0.3) is 5.91 Å². The van der Waals surface area contributed by atoms with Crippen molar-refractivity contribution in [3.05, 3.63) is 78.0 Å². The third-order valence-electron chi connectivity index (χ3n) is 3.94. The zero-order valence-corrected chi connectivity index (χ0v) is 15.4. The Balaban J connectivity index is 1.79. The molecule has 0 aliphatic carbocycles. The third-order valence-corrected chi connectivity index (χ3v) is 3.94. The van der Waals surface area contributed by atoms with E-state index in [-0.39, 0.29) is 5.91 Å². The molecule has 0 radical (unpaired) electrons. The highest BCUT2D eigenvalue weighted by atomic mass is 16.5. The quantitative estimate of drug-likeness (QED) is 0.634. The minimum Gasteiger partial charge on any atom is -0.497 e. The number of para-hydroxylation sites is 1. The lowest BCUT2D eigenvalue weighted by Gasteiger charge is -2.11. The molecule has 0 aliphatic rings. The smallest absolute Gasteiger partial charge is 0.339 e. The first-order valence-electron chi connectivity index (χ1n) is 8.46. The molecular weight excluding hydrogens is 358 g/mol. The number of rotatable bonds is 6. The molecule has 0 fully saturated rings. The van der Waals surface area contributed by atoms with Gasteiger partial charge in [-0.05, 0) is 36.4 Å². The number of ether oxygens (including phenoxy) is 2. The molecule has 3 aromatic rings. The highest BCUT2D eigenvalue weighted by Crippen LogP contribution is 2.22. The molecule has 0 aliphatic heterocycles. The maximum absolute atomic E-state index is 12.6. The summed E-state index contributed by atoms with van der Waals surface area (Å²) in [5.41, 5.74) is 1.94. The summed E-state index contributed by atoms with van der Waals surface area (Å²) in [5, 5.41) is 5.87. The second-order valence-electron chi connectivity index (χ2n) is 5.78. The zero-order chi connectivity index (χ0) is 19.9. The summed E-state index contributed by atoms with van der Waals surface area (Å²) in [5.74, 6) is 0.318. The van der Waals surface area contributed by atoms with Crippen molar-refractivity contribution in [1.29, 1.82) is 0 Å². The van der Waals surface area contributed by atoms with E-state index in [1.165, 1.54) is 13.3 Å². The highest BCUT2D eigenvalue weighted by Gasteiger charge is 2.13. The average molecular weight is 377 g/mol. The van der Waals surface area contributed by atoms with E-state index in [9.17, 15) is 9.59 Å². The van der Waals surface area contributed by atoms with E-state index in [4.69, 9.17) is 9.47 Å². The first-order chi connectivity index (χ1) is 13.6. The van der Waals surface area contributed by atoms with Gasteiger partial charge >= 0.3 is 5.97 Å². The van der Waals surface area contributed by atoms with E-state index in [2.05, 4.69) is 15.6 Å². The van der Waals surface area contributed by atoms with Crippen LogP contribution in [-0.4, -0.2) is 31.1 Å². The van der Waals surface area contributed by atoms with Gasteiger partial charge in [0.2, 0.25) is 0 Å². The Kier molecular flexibility index (Phi) is 5.86. The van der Waals surface area contributed by atoms with Crippen LogP contribution >= 0.6 is 0 Å². The van der Waals surface area contributed by atoms with Crippen molar-refractivity contribution in [3.8, 4) is 5.75 Å². The Morgan fingerprint density at radius 3 is 2.57 bits per heavy atom. The molecule has 0 unspecified atom stereocenters. The number of pyridine rings is 1. The monoisotopic (exact) mass is 377 g/mol. The molecule has 3 rings (SSSR count). The maximum Gasteiger partial charge on any atom is 0.339 e. The topological polar surface area (TPSA) is 89.5 Å². The number of nitrogens with one attached hydrogen (secondary N) is 2. The van der Waals surface area contributed by atoms with Gasteiger partial charge in [0.15, 0.2) is 0 Å². The van der Waals surface area contributed by atoms with Crippen LogP contribution in [0.4, 0.5) is 17.2 Å². The van der Waals surface area contributed by atoms with Crippen molar-refractivity contribution in [3.63, 3.8) is 0 Å². The maximum atomic E-state index is 12.6. The van der Waals surface area contributed by atoms with Gasteiger partial charge in [-0.3, -0.25) is 4.79 Å². The first kappa shape index (κ1) is 18.9. The van der Waals surface area contributed by atoms with Crippen LogP contribution in [0.15, 0.2) is 66.9 Å². The van der Waals surface area contributed by atoms with Crippen molar-refractivity contribution in [1.82, 2.24) is 4.98 Å². The molecule has 1 amide bonds. The predicted molar refractivity (Wildman–Crippen MR) is 106 cm³/mol. The van der Waals surface area contributed by atoms with Gasteiger partial charge in [0.1, 0.15) is 11.6 Å². The molecule has 0 saturated carbocycles. The van der Waals surface area contributed by atoms with Crippen LogP contribution in [0.2, 0.25) is 0 Å². The van der Waals surface area contributed by atoms with E-state index in [0.717, 1.165) is 0 Å². The van der Waals surface area contributed by atoms with Crippen molar-refractivity contribution >= 4 is 29.1 Å². The number of hydrogen-bond donors (Lipinski definition) is 2. The van der Waals surface area contributed by atoms with E-state index in [0.29, 0.717) is 34.1 Å². The Labute approximate surface area is 162 Å². The van der Waals surface area contributed by atoms with Crippen LogP contribution in [0, 0.1) is 0 Å². The number of nitrogens with zero attached hydrogens (tertiary/aromatic N) is 1. The lowest BCUT2D eigenvalue weighted by Crippen LogP contribution is -2.12. The summed E-state index contributed by atoms with van der Waals surface area (Å²) in [6.45, 7) is 0. The Morgan fingerprint density at radius 2 is 1.79 bits per heavy atom. The molecule has 142 valence electrons. The van der Waals surface area contributed by atoms with Crippen LogP contribution in [-0.2, 0) is 4.74 Å². The standard InChI is InChI=1S/C21H19N3O4/c1-27-16-7-5-6-15(13-16)23-20(25)14-10-11-22-19(12-14)24-18-9-4-3-8-17(18)21(26)28-2/h3-13H,1-2H3,(H,22,24)(H,23,25). The van der Waals surface area contributed by atoms with Crippen molar-refractivity contribution in [2.24, 2.45) is 0 Å². The van der Waals surface area contributed by atoms with Crippen LogP contribution in [0.3, 0.4) is 0 Å². The van der Waals surface area contributed by atoms with Crippen molar-refractivity contribution in [2.75, 3.05) is 24.9 Å². The zero-order valence-electron chi connectivity index (χ0n) is 15.4. The molecule has 7 heteroatoms. The minimum atomic E-state index is -0.463. The van der Waals surface area contributed by atoms with Crippen molar-refractivity contribution in [2.45, 2.75) is 0 Å². The Morgan fingerprint density at radius 1 is 0.964 bits per heavy atom. The number of esters is 1. The minimum absolute atomic E-state index is 0.292. The summed E-state index contributed by atoms with van der Waals surface area (Å²) in [4.78, 5) is 28.7. The Bertz CT molecular complexity index is 1000. The van der Waals surface area contributed by atoms with Gasteiger partial charge in [-0.25, -0.2) is 9.78 Å². The van der Waals surface area contributed by atoms with Gasteiger partial charge in [-0.2, -0.15) is 0 Å². The summed E-state index contributed by atoms with van der Waals surface area (Å²) < 4.78 is 9.95. The summed E-state index contributed by atoms with van der Waals surface area (Å²) in [6, 6.07) is 17.2. The largest absolute Gasteiger partial charge is 0.497 e. The molecule has 2 aromatic carbocycles. The molecule has 7 nitrogen and oxygen atoms in total. The normalized spacial score (nSPS) is 10.1. The van der Waals surface area contributed by atoms with E-state index in [1.54, 1.807) is 67.8 Å². The molecule has 0 atom stereocenters. The first-order valence-corrected chi connectivity index (χ1v) is 8.46. The van der Waals surface area contributed by atoms with Gasteiger partial charge in [0, 0.05) is 23.5 Å². The average Bonchev–Trinajstić information content (AvgIpc) is 2.74. The van der Waals surface area contributed by atoms with Crippen LogP contribution in [0.25, 0.3) is 0 Å². The second kappa shape index (κ2) is 8.68. The number of aromatic nitrogens is 1. The highest BCUT2D eigenvalue weighted by molar-refractivity contribution is 6.05. The van der Waals surface area contributed by atoms with E-state index >= 15 is 0 Å². The van der Waals surface area contributed by atoms with Gasteiger partial charge in [-0.15, -0.1) is 0 Å². The lowest BCUT2D eigenvalue weighted by molar-refractivity contribution is 0.0601. The fraction of sp³-hybridized carbons (Fsp3) is 0.0952. The van der Waals surface area contributed by atoms with E-state index < -0.39 is 5.97 Å². The number of anilines is 3. The Hall–Kier alpha value is -3.87. The fourth-order valence-corrected chi connectivity index (χ4v) is 2.56. The summed E-state index contributed by atoms with van der Waals surface area (Å²) in [6.07, 6.45) is 1.52. The fourth-order valence-electron chi connectivity index (χ4n) is 2.56. The van der Waals surface area contributed by atoms with Crippen LogP contribution in [0.1, 0.15) is 20.7 Å². The van der Waals surface area contributed by atoms with Gasteiger partial charge < -0.3 is 20.1 Å². The molecule has 28 heavy (non-hydrogen) atoms. The number of amides is 1. The van der Waals surface area contributed by atoms with Crippen LogP contribution < -0.4 is 15.4 Å². The van der Waals surface area contributed by atoms with Gasteiger partial charge in [0.05, 0.1) is 25.5 Å². The van der Waals surface area contributed by atoms with Crippen LogP contribution in [0.5, 0.6) is 5.75 Å². The third kappa shape index (κ3) is 4.45. The molecule has 0 saturated heterocycles. The SMILES string of the molecule is COC(=O)c1ccccc1Nc1cc(C(=O)Nc2cccc(OC)c2)ccn1. The number of benzene rings is 2. The number of carbonyl (C=O) groups excluding carboxylic acids is 2. The lowest BCUT2D eigenvalue weighted by atomic mass is 10.1. The number of methoxy groups -OCH3 is 2. The molecule has 2 N–H and O–H groups in total. The summed E-state index contributed by atoms with van der Waals surface area (Å²) in [7, 11) is 2.88. The van der Waals surface area contributed by atoms with E-state index in [1.807, 2.05) is 0 Å². The second-order valence-corrected chi connectivity index (χ2v) is 5.78. The van der Waals surface area contributed by atoms with Crippen molar-refractivity contribution < 1.29 is 19.1 Å². The molecule has 0 spiro atoms.